The van der Waals surface area contributed by atoms with E-state index in [2.05, 4.69) is 14.9 Å². The first kappa shape index (κ1) is 18.8. The Morgan fingerprint density at radius 3 is 2.31 bits per heavy atom. The third-order valence-corrected chi connectivity index (χ3v) is 6.82. The lowest BCUT2D eigenvalue weighted by atomic mass is 10.2. The molecule has 0 radical (unpaired) electrons. The lowest BCUT2D eigenvalue weighted by Crippen LogP contribution is -2.53. The van der Waals surface area contributed by atoms with E-state index >= 15 is 0 Å². The summed E-state index contributed by atoms with van der Waals surface area (Å²) in [7, 11) is -1.78. The summed E-state index contributed by atoms with van der Waals surface area (Å²) in [6.07, 6.45) is 1.75. The maximum absolute atomic E-state index is 12.6. The van der Waals surface area contributed by atoms with Gasteiger partial charge < -0.3 is 4.90 Å². The summed E-state index contributed by atoms with van der Waals surface area (Å²) in [5.41, 5.74) is 0.967. The van der Waals surface area contributed by atoms with E-state index in [-0.39, 0.29) is 6.04 Å². The normalized spacial score (nSPS) is 16.4. The van der Waals surface area contributed by atoms with Gasteiger partial charge in [-0.15, -0.1) is 0 Å². The van der Waals surface area contributed by atoms with E-state index in [0.29, 0.717) is 32.0 Å². The molecule has 1 saturated heterocycles. The van der Waals surface area contributed by atoms with Gasteiger partial charge in [-0.1, -0.05) is 30.3 Å². The van der Waals surface area contributed by atoms with Crippen molar-refractivity contribution in [1.29, 1.82) is 0 Å². The van der Waals surface area contributed by atoms with Crippen molar-refractivity contribution in [1.82, 2.24) is 18.6 Å². The maximum Gasteiger partial charge on any atom is 0.282 e. The molecule has 0 atom stereocenters. The molecule has 1 aliphatic rings. The SMILES string of the molecule is CC(C)N(C)S(=O)(=O)N1CCN(c2ccnc(-c3ccccc3)n2)CC1. The molecule has 1 aromatic heterocycles. The molecular weight excluding hydrogens is 350 g/mol. The van der Waals surface area contributed by atoms with Gasteiger partial charge in [0.2, 0.25) is 0 Å². The molecule has 2 heterocycles. The Balaban J connectivity index is 1.71. The topological polar surface area (TPSA) is 69.6 Å². The predicted octanol–water partition coefficient (Wildman–Crippen LogP) is 1.85. The summed E-state index contributed by atoms with van der Waals surface area (Å²) in [6, 6.07) is 11.6. The largest absolute Gasteiger partial charge is 0.354 e. The Morgan fingerprint density at radius 2 is 1.69 bits per heavy atom. The van der Waals surface area contributed by atoms with Crippen LogP contribution in [0, 0.1) is 0 Å². The van der Waals surface area contributed by atoms with Crippen LogP contribution in [0.1, 0.15) is 13.8 Å². The molecule has 2 aromatic rings. The first-order chi connectivity index (χ1) is 12.4. The van der Waals surface area contributed by atoms with Crippen LogP contribution in [-0.2, 0) is 10.2 Å². The fourth-order valence-electron chi connectivity index (χ4n) is 2.85. The van der Waals surface area contributed by atoms with Crippen LogP contribution in [0.2, 0.25) is 0 Å². The molecule has 7 nitrogen and oxygen atoms in total. The summed E-state index contributed by atoms with van der Waals surface area (Å²) in [5, 5.41) is 0. The van der Waals surface area contributed by atoms with Crippen LogP contribution in [0.3, 0.4) is 0 Å². The van der Waals surface area contributed by atoms with E-state index in [1.807, 2.05) is 50.2 Å². The standard InChI is InChI=1S/C18H25N5O2S/c1-15(2)21(3)26(24,25)23-13-11-22(12-14-23)17-9-10-19-18(20-17)16-7-5-4-6-8-16/h4-10,15H,11-14H2,1-3H3. The summed E-state index contributed by atoms with van der Waals surface area (Å²) in [6.45, 7) is 5.86. The van der Waals surface area contributed by atoms with E-state index in [4.69, 9.17) is 0 Å². The van der Waals surface area contributed by atoms with Crippen LogP contribution in [0.15, 0.2) is 42.6 Å². The lowest BCUT2D eigenvalue weighted by Gasteiger charge is -2.37. The monoisotopic (exact) mass is 375 g/mol. The Labute approximate surface area is 155 Å². The van der Waals surface area contributed by atoms with E-state index in [9.17, 15) is 8.42 Å². The molecule has 3 rings (SSSR count). The van der Waals surface area contributed by atoms with Gasteiger partial charge in [0, 0.05) is 51.0 Å². The number of rotatable bonds is 5. The zero-order chi connectivity index (χ0) is 18.7. The van der Waals surface area contributed by atoms with Crippen molar-refractivity contribution in [3.63, 3.8) is 0 Å². The van der Waals surface area contributed by atoms with Crippen molar-refractivity contribution < 1.29 is 8.42 Å². The third-order valence-electron chi connectivity index (χ3n) is 4.65. The van der Waals surface area contributed by atoms with Crippen molar-refractivity contribution >= 4 is 16.0 Å². The summed E-state index contributed by atoms with van der Waals surface area (Å²) < 4.78 is 28.2. The smallest absolute Gasteiger partial charge is 0.282 e. The summed E-state index contributed by atoms with van der Waals surface area (Å²) in [4.78, 5) is 11.1. The van der Waals surface area contributed by atoms with Gasteiger partial charge in [-0.3, -0.25) is 0 Å². The van der Waals surface area contributed by atoms with Crippen LogP contribution in [0.25, 0.3) is 11.4 Å². The van der Waals surface area contributed by atoms with E-state index in [1.54, 1.807) is 17.5 Å². The maximum atomic E-state index is 12.6. The Kier molecular flexibility index (Phi) is 5.55. The van der Waals surface area contributed by atoms with E-state index < -0.39 is 10.2 Å². The predicted molar refractivity (Wildman–Crippen MR) is 103 cm³/mol. The van der Waals surface area contributed by atoms with Gasteiger partial charge in [0.05, 0.1) is 0 Å². The highest BCUT2D eigenvalue weighted by Crippen LogP contribution is 2.20. The van der Waals surface area contributed by atoms with Crippen LogP contribution in [0.5, 0.6) is 0 Å². The van der Waals surface area contributed by atoms with Gasteiger partial charge in [-0.05, 0) is 19.9 Å². The van der Waals surface area contributed by atoms with Crippen molar-refractivity contribution in [2.45, 2.75) is 19.9 Å². The van der Waals surface area contributed by atoms with Gasteiger partial charge >= 0.3 is 0 Å². The minimum atomic E-state index is -3.41. The van der Waals surface area contributed by atoms with Crippen molar-refractivity contribution in [2.75, 3.05) is 38.1 Å². The molecule has 0 amide bonds. The molecule has 0 bridgehead atoms. The fraction of sp³-hybridized carbons (Fsp3) is 0.444. The Morgan fingerprint density at radius 1 is 1.04 bits per heavy atom. The number of benzene rings is 1. The van der Waals surface area contributed by atoms with E-state index in [1.165, 1.54) is 4.31 Å². The van der Waals surface area contributed by atoms with Gasteiger partial charge in [0.15, 0.2) is 5.82 Å². The zero-order valence-electron chi connectivity index (χ0n) is 15.4. The second-order valence-electron chi connectivity index (χ2n) is 6.61. The number of nitrogens with zero attached hydrogens (tertiary/aromatic N) is 5. The second-order valence-corrected chi connectivity index (χ2v) is 8.60. The number of piperazine rings is 1. The molecule has 140 valence electrons. The highest BCUT2D eigenvalue weighted by Gasteiger charge is 2.31. The quantitative estimate of drug-likeness (QED) is 0.798. The Bertz CT molecular complexity index is 834. The summed E-state index contributed by atoms with van der Waals surface area (Å²) >= 11 is 0. The first-order valence-corrected chi connectivity index (χ1v) is 10.2. The van der Waals surface area contributed by atoms with Crippen molar-refractivity contribution in [3.8, 4) is 11.4 Å². The first-order valence-electron chi connectivity index (χ1n) is 8.76. The number of hydrogen-bond donors (Lipinski definition) is 0. The second kappa shape index (κ2) is 7.69. The molecule has 0 aliphatic carbocycles. The molecule has 1 fully saturated rings. The third kappa shape index (κ3) is 3.87. The number of aromatic nitrogens is 2. The molecule has 0 saturated carbocycles. The van der Waals surface area contributed by atoms with Crippen LogP contribution >= 0.6 is 0 Å². The van der Waals surface area contributed by atoms with Crippen molar-refractivity contribution in [3.05, 3.63) is 42.6 Å². The number of anilines is 1. The molecular formula is C18H25N5O2S. The molecule has 26 heavy (non-hydrogen) atoms. The molecule has 0 unspecified atom stereocenters. The van der Waals surface area contributed by atoms with Gasteiger partial charge in [-0.25, -0.2) is 9.97 Å². The van der Waals surface area contributed by atoms with Crippen molar-refractivity contribution in [2.24, 2.45) is 0 Å². The molecule has 8 heteroatoms. The van der Waals surface area contributed by atoms with Gasteiger partial charge in [-0.2, -0.15) is 17.0 Å². The Hall–Kier alpha value is -2.03. The van der Waals surface area contributed by atoms with Gasteiger partial charge in [0.25, 0.3) is 10.2 Å². The van der Waals surface area contributed by atoms with E-state index in [0.717, 1.165) is 11.4 Å². The minimum Gasteiger partial charge on any atom is -0.354 e. The molecule has 1 aromatic carbocycles. The highest BCUT2D eigenvalue weighted by atomic mass is 32.2. The zero-order valence-corrected chi connectivity index (χ0v) is 16.2. The van der Waals surface area contributed by atoms with Crippen LogP contribution < -0.4 is 4.90 Å². The molecule has 1 aliphatic heterocycles. The molecule has 0 N–H and O–H groups in total. The van der Waals surface area contributed by atoms with Gasteiger partial charge in [0.1, 0.15) is 5.82 Å². The highest BCUT2D eigenvalue weighted by molar-refractivity contribution is 7.86. The van der Waals surface area contributed by atoms with Crippen LogP contribution in [0.4, 0.5) is 5.82 Å². The fourth-order valence-corrected chi connectivity index (χ4v) is 4.37. The average molecular weight is 375 g/mol. The molecule has 0 spiro atoms. The average Bonchev–Trinajstić information content (AvgIpc) is 2.68. The minimum absolute atomic E-state index is 0.0617. The number of hydrogen-bond acceptors (Lipinski definition) is 5. The summed E-state index contributed by atoms with van der Waals surface area (Å²) in [5.74, 6) is 1.51. The van der Waals surface area contributed by atoms with Crippen LogP contribution in [-0.4, -0.2) is 66.3 Å². The lowest BCUT2D eigenvalue weighted by molar-refractivity contribution is 0.322.